The first kappa shape index (κ1) is 21.5. The van der Waals surface area contributed by atoms with Gasteiger partial charge in [-0.05, 0) is 48.6 Å². The lowest BCUT2D eigenvalue weighted by Crippen LogP contribution is -2.51. The molecule has 3 N–H and O–H groups in total. The second-order valence-electron chi connectivity index (χ2n) is 6.01. The Morgan fingerprint density at radius 1 is 1.13 bits per heavy atom. The second-order valence-corrected chi connectivity index (χ2v) is 7.34. The molecule has 3 amide bonds. The van der Waals surface area contributed by atoms with Crippen molar-refractivity contribution in [3.8, 4) is 11.5 Å². The summed E-state index contributed by atoms with van der Waals surface area (Å²) in [7, 11) is 1.51. The molecule has 1 saturated heterocycles. The van der Waals surface area contributed by atoms with Gasteiger partial charge in [0, 0.05) is 10.0 Å². The summed E-state index contributed by atoms with van der Waals surface area (Å²) in [5, 5.41) is 7.38. The van der Waals surface area contributed by atoms with E-state index in [1.165, 1.54) is 13.2 Å². The molecule has 1 aliphatic heterocycles. The molecule has 1 heterocycles. The van der Waals surface area contributed by atoms with Gasteiger partial charge in [-0.2, -0.15) is 0 Å². The van der Waals surface area contributed by atoms with Gasteiger partial charge < -0.3 is 14.8 Å². The Balaban J connectivity index is 1.76. The summed E-state index contributed by atoms with van der Waals surface area (Å²) in [5.41, 5.74) is 0.811. The van der Waals surface area contributed by atoms with Gasteiger partial charge >= 0.3 is 0 Å². The average Bonchev–Trinajstić information content (AvgIpc) is 2.70. The molecular formula is C20H16BrN3O5S. The van der Waals surface area contributed by atoms with Gasteiger partial charge in [0.25, 0.3) is 17.7 Å². The number of carbonyl (C=O) groups excluding carboxylic acids is 3. The minimum Gasteiger partial charge on any atom is -0.495 e. The fraction of sp³-hybridized carbons (Fsp3) is 0.100. The number of hydrogen-bond acceptors (Lipinski definition) is 6. The number of para-hydroxylation sites is 2. The van der Waals surface area contributed by atoms with E-state index >= 15 is 0 Å². The maximum Gasteiger partial charge on any atom is 0.263 e. The Kier molecular flexibility index (Phi) is 6.80. The molecule has 3 rings (SSSR count). The third-order valence-corrected chi connectivity index (χ3v) is 4.65. The molecule has 10 heteroatoms. The molecule has 0 bridgehead atoms. The van der Waals surface area contributed by atoms with E-state index in [9.17, 15) is 14.4 Å². The number of methoxy groups -OCH3 is 1. The predicted molar refractivity (Wildman–Crippen MR) is 118 cm³/mol. The lowest BCUT2D eigenvalue weighted by atomic mass is 10.1. The fourth-order valence-corrected chi connectivity index (χ4v) is 3.17. The van der Waals surface area contributed by atoms with Crippen LogP contribution in [0.3, 0.4) is 0 Å². The number of benzene rings is 2. The van der Waals surface area contributed by atoms with E-state index in [1.807, 2.05) is 0 Å². The maximum atomic E-state index is 12.3. The van der Waals surface area contributed by atoms with Crippen LogP contribution in [0.1, 0.15) is 5.56 Å². The monoisotopic (exact) mass is 489 g/mol. The first-order chi connectivity index (χ1) is 14.4. The molecule has 30 heavy (non-hydrogen) atoms. The lowest BCUT2D eigenvalue weighted by Gasteiger charge is -2.17. The van der Waals surface area contributed by atoms with Crippen molar-refractivity contribution >= 4 is 62.7 Å². The zero-order valence-electron chi connectivity index (χ0n) is 15.7. The van der Waals surface area contributed by atoms with E-state index < -0.39 is 17.7 Å². The Morgan fingerprint density at radius 3 is 2.53 bits per heavy atom. The van der Waals surface area contributed by atoms with Crippen LogP contribution in [-0.4, -0.2) is 36.6 Å². The van der Waals surface area contributed by atoms with Crippen LogP contribution in [0.15, 0.2) is 52.5 Å². The third kappa shape index (κ3) is 5.22. The van der Waals surface area contributed by atoms with Crippen molar-refractivity contribution in [2.75, 3.05) is 19.0 Å². The number of rotatable bonds is 6. The molecule has 154 valence electrons. The second kappa shape index (κ2) is 9.51. The Hall–Kier alpha value is -3.24. The van der Waals surface area contributed by atoms with Crippen LogP contribution >= 0.6 is 28.1 Å². The van der Waals surface area contributed by atoms with E-state index in [4.69, 9.17) is 21.7 Å². The van der Waals surface area contributed by atoms with E-state index in [0.29, 0.717) is 27.2 Å². The zero-order valence-corrected chi connectivity index (χ0v) is 18.1. The van der Waals surface area contributed by atoms with Crippen LogP contribution in [0.4, 0.5) is 5.69 Å². The van der Waals surface area contributed by atoms with Gasteiger partial charge in [-0.1, -0.05) is 28.1 Å². The molecule has 0 saturated carbocycles. The molecule has 1 fully saturated rings. The van der Waals surface area contributed by atoms with Crippen LogP contribution in [0.2, 0.25) is 0 Å². The number of anilines is 1. The molecule has 2 aromatic carbocycles. The Morgan fingerprint density at radius 2 is 1.83 bits per heavy atom. The van der Waals surface area contributed by atoms with Gasteiger partial charge in [0.05, 0.1) is 12.8 Å². The van der Waals surface area contributed by atoms with Crippen LogP contribution < -0.4 is 25.4 Å². The van der Waals surface area contributed by atoms with Gasteiger partial charge in [0.2, 0.25) is 0 Å². The Labute approximate surface area is 185 Å². The van der Waals surface area contributed by atoms with Gasteiger partial charge in [-0.25, -0.2) is 0 Å². The number of hydrogen-bond donors (Lipinski definition) is 3. The molecule has 1 aliphatic rings. The molecular weight excluding hydrogens is 474 g/mol. The first-order valence-electron chi connectivity index (χ1n) is 8.61. The summed E-state index contributed by atoms with van der Waals surface area (Å²) < 4.78 is 11.5. The highest BCUT2D eigenvalue weighted by Gasteiger charge is 2.26. The highest BCUT2D eigenvalue weighted by Crippen LogP contribution is 2.27. The van der Waals surface area contributed by atoms with Crippen molar-refractivity contribution in [3.05, 3.63) is 58.1 Å². The number of carbonyl (C=O) groups is 3. The first-order valence-corrected chi connectivity index (χ1v) is 9.81. The highest BCUT2D eigenvalue weighted by molar-refractivity contribution is 9.10. The van der Waals surface area contributed by atoms with Gasteiger partial charge in [0.15, 0.2) is 11.7 Å². The largest absolute Gasteiger partial charge is 0.495 e. The van der Waals surface area contributed by atoms with Crippen molar-refractivity contribution in [2.24, 2.45) is 0 Å². The summed E-state index contributed by atoms with van der Waals surface area (Å²) in [6, 6.07) is 12.0. The molecule has 0 aliphatic carbocycles. The van der Waals surface area contributed by atoms with Crippen molar-refractivity contribution in [1.82, 2.24) is 10.6 Å². The summed E-state index contributed by atoms with van der Waals surface area (Å²) in [6.45, 7) is -0.293. The number of nitrogens with one attached hydrogen (secondary N) is 3. The fourth-order valence-electron chi connectivity index (χ4n) is 2.60. The zero-order chi connectivity index (χ0) is 21.7. The minimum atomic E-state index is -0.622. The van der Waals surface area contributed by atoms with E-state index in [1.54, 1.807) is 42.5 Å². The Bertz CT molecular complexity index is 1050. The topological polar surface area (TPSA) is 106 Å². The minimum absolute atomic E-state index is 0.0547. The highest BCUT2D eigenvalue weighted by atomic mass is 79.9. The quantitative estimate of drug-likeness (QED) is 0.326. The van der Waals surface area contributed by atoms with E-state index in [-0.39, 0.29) is 17.3 Å². The molecule has 0 radical (unpaired) electrons. The molecule has 0 spiro atoms. The maximum absolute atomic E-state index is 12.3. The van der Waals surface area contributed by atoms with Crippen molar-refractivity contribution < 1.29 is 23.9 Å². The third-order valence-electron chi connectivity index (χ3n) is 3.95. The van der Waals surface area contributed by atoms with Gasteiger partial charge in [-0.15, -0.1) is 0 Å². The summed E-state index contributed by atoms with van der Waals surface area (Å²) >= 11 is 8.13. The van der Waals surface area contributed by atoms with Crippen molar-refractivity contribution in [3.63, 3.8) is 0 Å². The van der Waals surface area contributed by atoms with E-state index in [2.05, 4.69) is 31.9 Å². The van der Waals surface area contributed by atoms with Crippen molar-refractivity contribution in [2.45, 2.75) is 0 Å². The number of ether oxygens (including phenoxy) is 2. The van der Waals surface area contributed by atoms with Crippen LogP contribution in [-0.2, 0) is 14.4 Å². The average molecular weight is 490 g/mol. The number of amides is 3. The lowest BCUT2D eigenvalue weighted by molar-refractivity contribution is -0.123. The summed E-state index contributed by atoms with van der Waals surface area (Å²) in [5.74, 6) is -0.812. The SMILES string of the molecule is COc1ccccc1NC(=O)COc1ccc(Br)cc1C=C1C(=O)NC(=S)NC1=O. The van der Waals surface area contributed by atoms with Crippen LogP contribution in [0.25, 0.3) is 6.08 Å². The summed E-state index contributed by atoms with van der Waals surface area (Å²) in [4.78, 5) is 36.5. The van der Waals surface area contributed by atoms with Crippen LogP contribution in [0.5, 0.6) is 11.5 Å². The van der Waals surface area contributed by atoms with Crippen molar-refractivity contribution in [1.29, 1.82) is 0 Å². The number of halogens is 1. The molecule has 2 aromatic rings. The standard InChI is InChI=1S/C20H16BrN3O5S/c1-28-16-5-3-2-4-14(16)22-17(25)10-29-15-7-6-12(21)8-11(15)9-13-18(26)23-20(30)24-19(13)27/h2-9H,10H2,1H3,(H,22,25)(H2,23,24,26,27,30). The predicted octanol–water partition coefficient (Wildman–Crippen LogP) is 2.39. The summed E-state index contributed by atoms with van der Waals surface area (Å²) in [6.07, 6.45) is 1.37. The van der Waals surface area contributed by atoms with Gasteiger partial charge in [-0.3, -0.25) is 25.0 Å². The van der Waals surface area contributed by atoms with Crippen LogP contribution in [0, 0.1) is 0 Å². The van der Waals surface area contributed by atoms with Gasteiger partial charge in [0.1, 0.15) is 17.1 Å². The number of thiocarbonyl (C=S) groups is 1. The smallest absolute Gasteiger partial charge is 0.263 e. The molecule has 0 atom stereocenters. The molecule has 8 nitrogen and oxygen atoms in total. The molecule has 0 aromatic heterocycles. The molecule has 0 unspecified atom stereocenters. The van der Waals surface area contributed by atoms with E-state index in [0.717, 1.165) is 0 Å². The normalized spacial score (nSPS) is 13.3.